The van der Waals surface area contributed by atoms with Gasteiger partial charge in [0.05, 0.1) is 23.9 Å². The van der Waals surface area contributed by atoms with Gasteiger partial charge in [0, 0.05) is 0 Å². The first-order valence-corrected chi connectivity index (χ1v) is 8.25. The molecule has 0 saturated carbocycles. The normalized spacial score (nSPS) is 11.8. The number of anilines is 1. The Bertz CT molecular complexity index is 924. The zero-order valence-corrected chi connectivity index (χ0v) is 15.4. The number of rotatable bonds is 6. The van der Waals surface area contributed by atoms with E-state index in [9.17, 15) is 35.9 Å². The smallest absolute Gasteiger partial charge is 0.416 e. The highest BCUT2D eigenvalue weighted by Crippen LogP contribution is 2.33. The Morgan fingerprint density at radius 2 is 1.63 bits per heavy atom. The Labute approximate surface area is 166 Å². The van der Waals surface area contributed by atoms with Crippen molar-refractivity contribution in [2.75, 3.05) is 25.6 Å². The van der Waals surface area contributed by atoms with Gasteiger partial charge in [-0.05, 0) is 35.4 Å². The summed E-state index contributed by atoms with van der Waals surface area (Å²) in [5, 5.41) is 2.21. The number of carbonyl (C=O) groups is 2. The van der Waals surface area contributed by atoms with Crippen LogP contribution in [0.5, 0.6) is 0 Å². The largest absolute Gasteiger partial charge is 0.465 e. The molecule has 1 amide bonds. The number of halogens is 6. The summed E-state index contributed by atoms with van der Waals surface area (Å²) in [6.45, 7) is -2.55. The average Bonchev–Trinajstić information content (AvgIpc) is 2.66. The highest BCUT2D eigenvalue weighted by molar-refractivity contribution is 6.02. The van der Waals surface area contributed by atoms with Crippen molar-refractivity contribution in [2.45, 2.75) is 12.4 Å². The third kappa shape index (κ3) is 6.48. The minimum atomic E-state index is -4.61. The fourth-order valence-electron chi connectivity index (χ4n) is 2.43. The lowest BCUT2D eigenvalue weighted by Gasteiger charge is -2.13. The fourth-order valence-corrected chi connectivity index (χ4v) is 2.43. The zero-order chi connectivity index (χ0) is 22.5. The molecule has 0 saturated heterocycles. The predicted molar refractivity (Wildman–Crippen MR) is 93.7 cm³/mol. The van der Waals surface area contributed by atoms with E-state index in [1.807, 2.05) is 0 Å². The summed E-state index contributed by atoms with van der Waals surface area (Å²) >= 11 is 0. The van der Waals surface area contributed by atoms with Gasteiger partial charge in [0.2, 0.25) is 5.91 Å². The van der Waals surface area contributed by atoms with Crippen LogP contribution < -0.4 is 5.32 Å². The van der Waals surface area contributed by atoms with Crippen LogP contribution in [-0.2, 0) is 20.4 Å². The van der Waals surface area contributed by atoms with E-state index in [-0.39, 0.29) is 22.4 Å². The number of nitrogens with one attached hydrogen (secondary N) is 1. The molecule has 0 unspecified atom stereocenters. The Morgan fingerprint density at radius 3 is 2.23 bits per heavy atom. The molecule has 1 N–H and O–H groups in total. The second-order valence-electron chi connectivity index (χ2n) is 5.99. The number of ether oxygens (including phenoxy) is 2. The van der Waals surface area contributed by atoms with E-state index >= 15 is 0 Å². The summed E-state index contributed by atoms with van der Waals surface area (Å²) in [7, 11) is 1.05. The van der Waals surface area contributed by atoms with Gasteiger partial charge in [0.15, 0.2) is 0 Å². The molecule has 0 aliphatic heterocycles. The number of benzene rings is 2. The summed E-state index contributed by atoms with van der Waals surface area (Å²) in [4.78, 5) is 23.8. The molecule has 0 spiro atoms. The van der Waals surface area contributed by atoms with Crippen LogP contribution in [0, 0.1) is 0 Å². The number of amides is 1. The number of methoxy groups -OCH3 is 1. The van der Waals surface area contributed by atoms with Crippen LogP contribution in [0.3, 0.4) is 0 Å². The SMILES string of the molecule is COC(=O)c1cc(-c2cccc(C(F)(F)F)c2)ccc1NC(=O)COCC(F)(F)F. The van der Waals surface area contributed by atoms with Crippen molar-refractivity contribution in [1.82, 2.24) is 0 Å². The Hall–Kier alpha value is -3.08. The molecule has 0 aliphatic carbocycles. The summed E-state index contributed by atoms with van der Waals surface area (Å²) in [6.07, 6.45) is -9.17. The molecule has 162 valence electrons. The van der Waals surface area contributed by atoms with Crippen molar-refractivity contribution >= 4 is 17.6 Å². The standard InChI is InChI=1S/C19H15F6NO4/c1-29-17(28)14-8-12(11-3-2-4-13(7-11)19(23,24)25)5-6-15(14)26-16(27)9-30-10-18(20,21)22/h2-8H,9-10H2,1H3,(H,26,27). The molecule has 11 heteroatoms. The van der Waals surface area contributed by atoms with Crippen molar-refractivity contribution in [3.63, 3.8) is 0 Å². The molecule has 0 atom stereocenters. The highest BCUT2D eigenvalue weighted by atomic mass is 19.4. The number of alkyl halides is 6. The number of hydrogen-bond acceptors (Lipinski definition) is 4. The summed E-state index contributed by atoms with van der Waals surface area (Å²) in [5.41, 5.74) is -0.803. The summed E-state index contributed by atoms with van der Waals surface area (Å²) in [5.74, 6) is -1.87. The van der Waals surface area contributed by atoms with E-state index in [0.29, 0.717) is 0 Å². The first kappa shape index (κ1) is 23.2. The third-order valence-electron chi connectivity index (χ3n) is 3.72. The quantitative estimate of drug-likeness (QED) is 0.529. The number of esters is 1. The van der Waals surface area contributed by atoms with Crippen LogP contribution in [0.15, 0.2) is 42.5 Å². The molecular formula is C19H15F6NO4. The molecule has 0 bridgehead atoms. The van der Waals surface area contributed by atoms with E-state index in [4.69, 9.17) is 0 Å². The molecule has 0 radical (unpaired) electrons. The van der Waals surface area contributed by atoms with Crippen LogP contribution >= 0.6 is 0 Å². The van der Waals surface area contributed by atoms with Gasteiger partial charge in [-0.3, -0.25) is 4.79 Å². The van der Waals surface area contributed by atoms with E-state index in [1.54, 1.807) is 0 Å². The van der Waals surface area contributed by atoms with Crippen molar-refractivity contribution in [3.8, 4) is 11.1 Å². The zero-order valence-electron chi connectivity index (χ0n) is 15.4. The van der Waals surface area contributed by atoms with Gasteiger partial charge in [-0.15, -0.1) is 0 Å². The minimum Gasteiger partial charge on any atom is -0.465 e. The Balaban J connectivity index is 2.28. The third-order valence-corrected chi connectivity index (χ3v) is 3.72. The van der Waals surface area contributed by atoms with Crippen molar-refractivity contribution < 1.29 is 45.4 Å². The lowest BCUT2D eigenvalue weighted by atomic mass is 9.99. The maximum absolute atomic E-state index is 12.9. The fraction of sp³-hybridized carbons (Fsp3) is 0.263. The predicted octanol–water partition coefficient (Wildman–Crippen LogP) is 4.68. The summed E-state index contributed by atoms with van der Waals surface area (Å²) < 4.78 is 83.8. The summed E-state index contributed by atoms with van der Waals surface area (Å²) in [6, 6.07) is 8.14. The van der Waals surface area contributed by atoms with Crippen LogP contribution in [0.4, 0.5) is 32.0 Å². The van der Waals surface area contributed by atoms with Gasteiger partial charge >= 0.3 is 18.3 Å². The number of hydrogen-bond donors (Lipinski definition) is 1. The number of carbonyl (C=O) groups excluding carboxylic acids is 2. The molecule has 2 rings (SSSR count). The maximum atomic E-state index is 12.9. The van der Waals surface area contributed by atoms with Crippen molar-refractivity contribution in [1.29, 1.82) is 0 Å². The van der Waals surface area contributed by atoms with Gasteiger partial charge < -0.3 is 14.8 Å². The van der Waals surface area contributed by atoms with Gasteiger partial charge in [0.1, 0.15) is 13.2 Å². The molecular weight excluding hydrogens is 420 g/mol. The average molecular weight is 435 g/mol. The van der Waals surface area contributed by atoms with Gasteiger partial charge in [0.25, 0.3) is 0 Å². The van der Waals surface area contributed by atoms with E-state index in [0.717, 1.165) is 19.2 Å². The molecule has 0 aromatic heterocycles. The monoisotopic (exact) mass is 435 g/mol. The second-order valence-corrected chi connectivity index (χ2v) is 5.99. The minimum absolute atomic E-state index is 0.0989. The first-order chi connectivity index (χ1) is 13.9. The first-order valence-electron chi connectivity index (χ1n) is 8.25. The van der Waals surface area contributed by atoms with E-state index in [2.05, 4.69) is 14.8 Å². The molecule has 30 heavy (non-hydrogen) atoms. The van der Waals surface area contributed by atoms with Crippen LogP contribution in [-0.4, -0.2) is 38.4 Å². The van der Waals surface area contributed by atoms with Gasteiger partial charge in [-0.1, -0.05) is 18.2 Å². The molecule has 0 heterocycles. The molecule has 0 aliphatic rings. The van der Waals surface area contributed by atoms with Crippen molar-refractivity contribution in [2.24, 2.45) is 0 Å². The van der Waals surface area contributed by atoms with E-state index in [1.165, 1.54) is 30.3 Å². The van der Waals surface area contributed by atoms with Crippen LogP contribution in [0.1, 0.15) is 15.9 Å². The van der Waals surface area contributed by atoms with Crippen LogP contribution in [0.2, 0.25) is 0 Å². The molecule has 0 fully saturated rings. The Kier molecular flexibility index (Phi) is 7.08. The maximum Gasteiger partial charge on any atom is 0.416 e. The highest BCUT2D eigenvalue weighted by Gasteiger charge is 2.30. The van der Waals surface area contributed by atoms with Gasteiger partial charge in [-0.2, -0.15) is 26.3 Å². The second kappa shape index (κ2) is 9.16. The molecule has 5 nitrogen and oxygen atoms in total. The lowest BCUT2D eigenvalue weighted by molar-refractivity contribution is -0.174. The van der Waals surface area contributed by atoms with Crippen molar-refractivity contribution in [3.05, 3.63) is 53.6 Å². The van der Waals surface area contributed by atoms with Crippen LogP contribution in [0.25, 0.3) is 11.1 Å². The van der Waals surface area contributed by atoms with Gasteiger partial charge in [-0.25, -0.2) is 4.79 Å². The lowest BCUT2D eigenvalue weighted by Crippen LogP contribution is -2.24. The topological polar surface area (TPSA) is 64.6 Å². The van der Waals surface area contributed by atoms with E-state index < -0.39 is 43.0 Å². The molecule has 2 aromatic rings. The molecule has 2 aromatic carbocycles. The Morgan fingerprint density at radius 1 is 0.967 bits per heavy atom.